The Morgan fingerprint density at radius 2 is 2.14 bits per heavy atom. The zero-order chi connectivity index (χ0) is 10.9. The van der Waals surface area contributed by atoms with Gasteiger partial charge in [-0.05, 0) is 0 Å². The molecule has 0 aliphatic heterocycles. The molecule has 1 aromatic heterocycles. The van der Waals surface area contributed by atoms with Crippen molar-refractivity contribution >= 4 is 0 Å². The third-order valence-electron chi connectivity index (χ3n) is 1.57. The Bertz CT molecular complexity index is 318. The summed E-state index contributed by atoms with van der Waals surface area (Å²) < 4.78 is 38.1. The molecule has 14 heavy (non-hydrogen) atoms. The van der Waals surface area contributed by atoms with E-state index in [1.807, 2.05) is 0 Å². The molecular weight excluding hydrogens is 199 g/mol. The van der Waals surface area contributed by atoms with Crippen LogP contribution in [0.1, 0.15) is 11.3 Å². The molecule has 0 spiro atoms. The fourth-order valence-corrected chi connectivity index (χ4v) is 1.14. The van der Waals surface area contributed by atoms with E-state index in [1.54, 1.807) is 0 Å². The van der Waals surface area contributed by atoms with Gasteiger partial charge >= 0.3 is 6.18 Å². The molecule has 80 valence electrons. The minimum absolute atomic E-state index is 0.0509. The summed E-state index contributed by atoms with van der Waals surface area (Å²) in [5, 5.41) is 12.8. The molecule has 1 rings (SSSR count). The number of aromatic nitrogens is 2. The van der Waals surface area contributed by atoms with E-state index in [0.29, 0.717) is 5.06 Å². The van der Waals surface area contributed by atoms with E-state index in [2.05, 4.69) is 5.10 Å². The Morgan fingerprint density at radius 3 is 2.57 bits per heavy atom. The molecule has 1 heterocycles. The van der Waals surface area contributed by atoms with Crippen LogP contribution in [0.25, 0.3) is 0 Å². The highest BCUT2D eigenvalue weighted by Crippen LogP contribution is 2.30. The molecule has 0 aliphatic carbocycles. The second-order valence-corrected chi connectivity index (χ2v) is 2.99. The fraction of sp³-hybridized carbons (Fsp3) is 0.571. The van der Waals surface area contributed by atoms with E-state index >= 15 is 0 Å². The van der Waals surface area contributed by atoms with Crippen LogP contribution in [0.4, 0.5) is 13.2 Å². The third-order valence-corrected chi connectivity index (χ3v) is 1.57. The minimum Gasteiger partial charge on any atom is -0.314 e. The highest BCUT2D eigenvalue weighted by molar-refractivity contribution is 5.19. The summed E-state index contributed by atoms with van der Waals surface area (Å²) in [6.45, 7) is -0.206. The summed E-state index contributed by atoms with van der Waals surface area (Å²) in [4.78, 5) is 0. The van der Waals surface area contributed by atoms with Gasteiger partial charge < -0.3 is 5.21 Å². The number of hydrogen-bond donors (Lipinski definition) is 1. The largest absolute Gasteiger partial charge is 0.435 e. The zero-order valence-corrected chi connectivity index (χ0v) is 7.71. The second-order valence-electron chi connectivity index (χ2n) is 2.99. The molecule has 1 aromatic rings. The summed E-state index contributed by atoms with van der Waals surface area (Å²) in [5.74, 6) is 0. The molecule has 0 fully saturated rings. The molecule has 0 aromatic carbocycles. The summed E-state index contributed by atoms with van der Waals surface area (Å²) in [5.41, 5.74) is -1.01. The lowest BCUT2D eigenvalue weighted by Gasteiger charge is -2.09. The maximum atomic E-state index is 12.3. The van der Waals surface area contributed by atoms with E-state index in [1.165, 1.54) is 20.3 Å². The fourth-order valence-electron chi connectivity index (χ4n) is 1.14. The molecule has 0 saturated carbocycles. The van der Waals surface area contributed by atoms with Crippen LogP contribution in [0.15, 0.2) is 6.20 Å². The molecule has 1 N–H and O–H groups in total. The van der Waals surface area contributed by atoms with Crippen LogP contribution in [0.5, 0.6) is 0 Å². The Kier molecular flexibility index (Phi) is 2.81. The minimum atomic E-state index is -4.48. The monoisotopic (exact) mass is 209 g/mol. The van der Waals surface area contributed by atoms with Crippen molar-refractivity contribution in [3.63, 3.8) is 0 Å². The Balaban J connectivity index is 3.03. The first kappa shape index (κ1) is 11.0. The quantitative estimate of drug-likeness (QED) is 0.745. The summed E-state index contributed by atoms with van der Waals surface area (Å²) >= 11 is 0. The number of hydrogen-bond acceptors (Lipinski definition) is 3. The number of alkyl halides is 3. The van der Waals surface area contributed by atoms with Crippen molar-refractivity contribution in [2.75, 3.05) is 7.05 Å². The molecule has 0 atom stereocenters. The van der Waals surface area contributed by atoms with Gasteiger partial charge in [0.15, 0.2) is 5.69 Å². The topological polar surface area (TPSA) is 41.3 Å². The van der Waals surface area contributed by atoms with E-state index in [-0.39, 0.29) is 12.1 Å². The van der Waals surface area contributed by atoms with Crippen LogP contribution >= 0.6 is 0 Å². The standard InChI is InChI=1S/C7H10F3N3O/c1-12-3-5(4-13(2)14)6(11-12)7(8,9)10/h3,14H,4H2,1-2H3. The number of hydroxylamine groups is 2. The van der Waals surface area contributed by atoms with Gasteiger partial charge in [0.05, 0.1) is 6.54 Å². The van der Waals surface area contributed by atoms with Gasteiger partial charge in [-0.3, -0.25) is 4.68 Å². The van der Waals surface area contributed by atoms with E-state index < -0.39 is 11.9 Å². The van der Waals surface area contributed by atoms with E-state index in [0.717, 1.165) is 4.68 Å². The van der Waals surface area contributed by atoms with Crippen LogP contribution in [-0.2, 0) is 19.8 Å². The van der Waals surface area contributed by atoms with Crippen LogP contribution in [0.3, 0.4) is 0 Å². The smallest absolute Gasteiger partial charge is 0.314 e. The van der Waals surface area contributed by atoms with Gasteiger partial charge in [0, 0.05) is 25.9 Å². The predicted octanol–water partition coefficient (Wildman–Crippen LogP) is 1.26. The van der Waals surface area contributed by atoms with Crippen LogP contribution in [0, 0.1) is 0 Å². The highest BCUT2D eigenvalue weighted by atomic mass is 19.4. The maximum Gasteiger partial charge on any atom is 0.435 e. The number of nitrogens with zero attached hydrogens (tertiary/aromatic N) is 3. The first-order chi connectivity index (χ1) is 6.30. The molecule has 0 radical (unpaired) electrons. The highest BCUT2D eigenvalue weighted by Gasteiger charge is 2.36. The first-order valence-electron chi connectivity index (χ1n) is 3.80. The molecule has 0 aliphatic rings. The molecule has 0 unspecified atom stereocenters. The normalized spacial score (nSPS) is 12.5. The number of rotatable bonds is 2. The van der Waals surface area contributed by atoms with E-state index in [4.69, 9.17) is 5.21 Å². The van der Waals surface area contributed by atoms with Crippen molar-refractivity contribution in [3.8, 4) is 0 Å². The predicted molar refractivity (Wildman–Crippen MR) is 41.5 cm³/mol. The van der Waals surface area contributed by atoms with Gasteiger partial charge in [0.25, 0.3) is 0 Å². The average Bonchev–Trinajstić information content (AvgIpc) is 2.28. The zero-order valence-electron chi connectivity index (χ0n) is 7.71. The first-order valence-corrected chi connectivity index (χ1v) is 3.80. The van der Waals surface area contributed by atoms with Gasteiger partial charge in [-0.25, -0.2) is 0 Å². The molecule has 4 nitrogen and oxygen atoms in total. The summed E-state index contributed by atoms with van der Waals surface area (Å²) in [6, 6.07) is 0. The van der Waals surface area contributed by atoms with Gasteiger partial charge in [0.2, 0.25) is 0 Å². The van der Waals surface area contributed by atoms with Gasteiger partial charge in [-0.2, -0.15) is 23.3 Å². The Labute approximate surface area is 78.5 Å². The maximum absolute atomic E-state index is 12.3. The SMILES string of the molecule is CN(O)Cc1cn(C)nc1C(F)(F)F. The lowest BCUT2D eigenvalue weighted by atomic mass is 10.2. The van der Waals surface area contributed by atoms with Crippen molar-refractivity contribution < 1.29 is 18.4 Å². The van der Waals surface area contributed by atoms with Crippen LogP contribution in [-0.4, -0.2) is 27.1 Å². The average molecular weight is 209 g/mol. The van der Waals surface area contributed by atoms with Crippen molar-refractivity contribution in [1.29, 1.82) is 0 Å². The van der Waals surface area contributed by atoms with Crippen molar-refractivity contribution in [1.82, 2.24) is 14.8 Å². The van der Waals surface area contributed by atoms with Gasteiger partial charge in [-0.1, -0.05) is 0 Å². The summed E-state index contributed by atoms with van der Waals surface area (Å²) in [7, 11) is 2.67. The van der Waals surface area contributed by atoms with Crippen LogP contribution < -0.4 is 0 Å². The van der Waals surface area contributed by atoms with Crippen molar-refractivity contribution in [2.24, 2.45) is 7.05 Å². The lowest BCUT2D eigenvalue weighted by Crippen LogP contribution is -2.16. The molecule has 7 heteroatoms. The lowest BCUT2D eigenvalue weighted by molar-refractivity contribution is -0.143. The van der Waals surface area contributed by atoms with Crippen molar-refractivity contribution in [3.05, 3.63) is 17.5 Å². The molecular formula is C7H10F3N3O. The third kappa shape index (κ3) is 2.46. The molecule has 0 bridgehead atoms. The van der Waals surface area contributed by atoms with E-state index in [9.17, 15) is 13.2 Å². The molecule has 0 saturated heterocycles. The van der Waals surface area contributed by atoms with Crippen LogP contribution in [0.2, 0.25) is 0 Å². The van der Waals surface area contributed by atoms with Crippen molar-refractivity contribution in [2.45, 2.75) is 12.7 Å². The Hall–Kier alpha value is -1.08. The number of aryl methyl sites for hydroxylation is 1. The number of halogens is 3. The Morgan fingerprint density at radius 1 is 1.57 bits per heavy atom. The second kappa shape index (κ2) is 3.58. The molecule has 0 amide bonds. The van der Waals surface area contributed by atoms with Gasteiger partial charge in [0.1, 0.15) is 0 Å². The summed E-state index contributed by atoms with van der Waals surface area (Å²) in [6.07, 6.45) is -3.25. The van der Waals surface area contributed by atoms with Gasteiger partial charge in [-0.15, -0.1) is 0 Å².